The molecule has 0 atom stereocenters. The predicted octanol–water partition coefficient (Wildman–Crippen LogP) is 1.47. The first-order valence-electron chi connectivity index (χ1n) is 5.60. The third-order valence-electron chi connectivity index (χ3n) is 2.21. The summed E-state index contributed by atoms with van der Waals surface area (Å²) in [7, 11) is 0. The number of oxime groups is 1. The number of hydrogen-bond donors (Lipinski definition) is 2. The Morgan fingerprint density at radius 1 is 1.33 bits per heavy atom. The van der Waals surface area contributed by atoms with Gasteiger partial charge in [0, 0.05) is 12.2 Å². The number of nitrogens with zero attached hydrogens (tertiary/aromatic N) is 1. The van der Waals surface area contributed by atoms with E-state index in [0.717, 1.165) is 0 Å². The highest BCUT2D eigenvalue weighted by Gasteiger charge is 2.05. The minimum atomic E-state index is -0.456. The number of amidine groups is 1. The summed E-state index contributed by atoms with van der Waals surface area (Å²) in [6, 6.07) is 4.15. The second-order valence-corrected chi connectivity index (χ2v) is 3.58. The number of hydrogen-bond acceptors (Lipinski definition) is 4. The van der Waals surface area contributed by atoms with Crippen molar-refractivity contribution < 1.29 is 19.1 Å². The topological polar surface area (TPSA) is 77.1 Å². The van der Waals surface area contributed by atoms with Crippen molar-refractivity contribution in [3.63, 3.8) is 0 Å². The lowest BCUT2D eigenvalue weighted by molar-refractivity contribution is 0.0452. The largest absolute Gasteiger partial charge is 0.409 e. The van der Waals surface area contributed by atoms with Gasteiger partial charge in [0.1, 0.15) is 5.82 Å². The number of halogens is 1. The van der Waals surface area contributed by atoms with Gasteiger partial charge < -0.3 is 20.4 Å². The van der Waals surface area contributed by atoms with Gasteiger partial charge in [-0.25, -0.2) is 4.39 Å². The van der Waals surface area contributed by atoms with E-state index in [1.807, 2.05) is 6.92 Å². The first-order valence-corrected chi connectivity index (χ1v) is 5.60. The predicted molar refractivity (Wildman–Crippen MR) is 65.1 cm³/mol. The van der Waals surface area contributed by atoms with Gasteiger partial charge in [-0.15, -0.1) is 0 Å². The zero-order chi connectivity index (χ0) is 13.4. The van der Waals surface area contributed by atoms with E-state index in [-0.39, 0.29) is 12.4 Å². The highest BCUT2D eigenvalue weighted by atomic mass is 19.1. The van der Waals surface area contributed by atoms with Crippen LogP contribution in [0.25, 0.3) is 0 Å². The number of rotatable bonds is 7. The number of benzene rings is 1. The Hall–Kier alpha value is -1.66. The van der Waals surface area contributed by atoms with Crippen LogP contribution in [0.5, 0.6) is 0 Å². The van der Waals surface area contributed by atoms with Crippen molar-refractivity contribution in [2.45, 2.75) is 13.5 Å². The lowest BCUT2D eigenvalue weighted by atomic mass is 10.1. The molecule has 18 heavy (non-hydrogen) atoms. The molecule has 0 unspecified atom stereocenters. The van der Waals surface area contributed by atoms with Crippen LogP contribution in [-0.4, -0.2) is 30.9 Å². The summed E-state index contributed by atoms with van der Waals surface area (Å²) < 4.78 is 23.7. The maximum atomic E-state index is 13.3. The van der Waals surface area contributed by atoms with E-state index in [1.54, 1.807) is 6.07 Å². The Morgan fingerprint density at radius 3 is 2.72 bits per heavy atom. The van der Waals surface area contributed by atoms with Gasteiger partial charge in [-0.05, 0) is 30.7 Å². The van der Waals surface area contributed by atoms with Crippen LogP contribution in [0.3, 0.4) is 0 Å². The fourth-order valence-electron chi connectivity index (χ4n) is 1.39. The number of ether oxygens (including phenoxy) is 2. The Bertz CT molecular complexity index is 410. The zero-order valence-corrected chi connectivity index (χ0v) is 10.2. The molecular weight excluding hydrogens is 239 g/mol. The summed E-state index contributed by atoms with van der Waals surface area (Å²) in [5.74, 6) is -0.590. The van der Waals surface area contributed by atoms with Crippen molar-refractivity contribution in [3.8, 4) is 0 Å². The molecule has 0 aliphatic rings. The average molecular weight is 256 g/mol. The molecule has 0 saturated heterocycles. The van der Waals surface area contributed by atoms with Crippen molar-refractivity contribution in [2.75, 3.05) is 19.8 Å². The zero-order valence-electron chi connectivity index (χ0n) is 10.2. The lowest BCUT2D eigenvalue weighted by Crippen LogP contribution is -2.14. The monoisotopic (exact) mass is 256 g/mol. The van der Waals surface area contributed by atoms with Gasteiger partial charge in [0.2, 0.25) is 0 Å². The molecule has 3 N–H and O–H groups in total. The average Bonchev–Trinajstić information content (AvgIpc) is 2.37. The quantitative estimate of drug-likeness (QED) is 0.255. The van der Waals surface area contributed by atoms with Crippen LogP contribution in [0, 0.1) is 5.82 Å². The molecule has 0 spiro atoms. The second-order valence-electron chi connectivity index (χ2n) is 3.58. The maximum absolute atomic E-state index is 13.3. The summed E-state index contributed by atoms with van der Waals surface area (Å²) in [5, 5.41) is 11.4. The molecule has 0 amide bonds. The number of nitrogens with two attached hydrogens (primary N) is 1. The normalized spacial score (nSPS) is 11.8. The standard InChI is InChI=1S/C12H17FN2O3/c1-2-17-3-4-18-8-9-5-10(12(14)15-16)7-11(13)6-9/h5-7,16H,2-4,8H2,1H3,(H2,14,15). The van der Waals surface area contributed by atoms with E-state index in [2.05, 4.69) is 5.16 Å². The van der Waals surface area contributed by atoms with Crippen LogP contribution in [-0.2, 0) is 16.1 Å². The van der Waals surface area contributed by atoms with E-state index in [4.69, 9.17) is 20.4 Å². The Morgan fingerprint density at radius 2 is 2.06 bits per heavy atom. The molecule has 100 valence electrons. The summed E-state index contributed by atoms with van der Waals surface area (Å²) in [6.07, 6.45) is 0. The van der Waals surface area contributed by atoms with Crippen molar-refractivity contribution >= 4 is 5.84 Å². The molecule has 0 radical (unpaired) electrons. The maximum Gasteiger partial charge on any atom is 0.170 e. The summed E-state index contributed by atoms with van der Waals surface area (Å²) >= 11 is 0. The molecule has 1 rings (SSSR count). The van der Waals surface area contributed by atoms with Gasteiger partial charge in [-0.1, -0.05) is 5.16 Å². The minimum Gasteiger partial charge on any atom is -0.409 e. The second kappa shape index (κ2) is 7.62. The summed E-state index contributed by atoms with van der Waals surface area (Å²) in [6.45, 7) is 3.71. The van der Waals surface area contributed by atoms with Crippen molar-refractivity contribution in [1.29, 1.82) is 0 Å². The smallest absolute Gasteiger partial charge is 0.170 e. The molecule has 6 heteroatoms. The third kappa shape index (κ3) is 4.68. The first kappa shape index (κ1) is 14.4. The highest BCUT2D eigenvalue weighted by molar-refractivity contribution is 5.97. The van der Waals surface area contributed by atoms with E-state index in [9.17, 15) is 4.39 Å². The fraction of sp³-hybridized carbons (Fsp3) is 0.417. The summed E-state index contributed by atoms with van der Waals surface area (Å²) in [5.41, 5.74) is 6.34. The van der Waals surface area contributed by atoms with Gasteiger partial charge in [-0.2, -0.15) is 0 Å². The van der Waals surface area contributed by atoms with Crippen LogP contribution in [0.1, 0.15) is 18.1 Å². The third-order valence-corrected chi connectivity index (χ3v) is 2.21. The molecule has 0 aliphatic carbocycles. The van der Waals surface area contributed by atoms with E-state index in [1.165, 1.54) is 12.1 Å². The van der Waals surface area contributed by atoms with Crippen LogP contribution < -0.4 is 5.73 Å². The van der Waals surface area contributed by atoms with Gasteiger partial charge in [-0.3, -0.25) is 0 Å². The molecule has 5 nitrogen and oxygen atoms in total. The van der Waals surface area contributed by atoms with Gasteiger partial charge in [0.05, 0.1) is 19.8 Å². The molecule has 0 bridgehead atoms. The molecule has 1 aromatic carbocycles. The molecule has 0 aromatic heterocycles. The van der Waals surface area contributed by atoms with Gasteiger partial charge >= 0.3 is 0 Å². The summed E-state index contributed by atoms with van der Waals surface area (Å²) in [4.78, 5) is 0. The van der Waals surface area contributed by atoms with E-state index < -0.39 is 5.82 Å². The van der Waals surface area contributed by atoms with Gasteiger partial charge in [0.15, 0.2) is 5.84 Å². The fourth-order valence-corrected chi connectivity index (χ4v) is 1.39. The molecule has 0 heterocycles. The SMILES string of the molecule is CCOCCOCc1cc(F)cc(/C(N)=N/O)c1. The van der Waals surface area contributed by atoms with Crippen LogP contribution in [0.15, 0.2) is 23.4 Å². The first-order chi connectivity index (χ1) is 8.67. The Kier molecular flexibility index (Phi) is 6.10. The van der Waals surface area contributed by atoms with Crippen LogP contribution in [0.4, 0.5) is 4.39 Å². The van der Waals surface area contributed by atoms with Crippen LogP contribution in [0.2, 0.25) is 0 Å². The molecule has 0 aliphatic heterocycles. The van der Waals surface area contributed by atoms with E-state index >= 15 is 0 Å². The minimum absolute atomic E-state index is 0.134. The highest BCUT2D eigenvalue weighted by Crippen LogP contribution is 2.10. The van der Waals surface area contributed by atoms with Gasteiger partial charge in [0.25, 0.3) is 0 Å². The molecule has 1 aromatic rings. The lowest BCUT2D eigenvalue weighted by Gasteiger charge is -2.07. The molecule has 0 fully saturated rings. The van der Waals surface area contributed by atoms with E-state index in [0.29, 0.717) is 30.9 Å². The van der Waals surface area contributed by atoms with Crippen molar-refractivity contribution in [1.82, 2.24) is 0 Å². The van der Waals surface area contributed by atoms with Crippen molar-refractivity contribution in [2.24, 2.45) is 10.9 Å². The Balaban J connectivity index is 2.58. The molecule has 0 saturated carbocycles. The Labute approximate surface area is 105 Å². The molecular formula is C12H17FN2O3. The van der Waals surface area contributed by atoms with Crippen LogP contribution >= 0.6 is 0 Å². The van der Waals surface area contributed by atoms with Crippen molar-refractivity contribution in [3.05, 3.63) is 35.1 Å².